The SMILES string of the molecule is Cc1cc(N2CCN(c3ccccn3)CC2)n2nc(C)c(-c3ccccc3)c2n1. The molecule has 0 saturated carbocycles. The van der Waals surface area contributed by atoms with Crippen molar-refractivity contribution in [2.45, 2.75) is 13.8 Å². The van der Waals surface area contributed by atoms with Crippen molar-refractivity contribution in [1.82, 2.24) is 19.6 Å². The highest BCUT2D eigenvalue weighted by Crippen LogP contribution is 2.30. The Morgan fingerprint density at radius 1 is 0.828 bits per heavy atom. The first-order valence-electron chi connectivity index (χ1n) is 10.0. The lowest BCUT2D eigenvalue weighted by Gasteiger charge is -2.36. The summed E-state index contributed by atoms with van der Waals surface area (Å²) in [4.78, 5) is 14.1. The third-order valence-electron chi connectivity index (χ3n) is 5.51. The molecule has 0 N–H and O–H groups in total. The third-order valence-corrected chi connectivity index (χ3v) is 5.51. The van der Waals surface area contributed by atoms with Crippen LogP contribution >= 0.6 is 0 Å². The van der Waals surface area contributed by atoms with Crippen LogP contribution in [-0.4, -0.2) is 45.8 Å². The Morgan fingerprint density at radius 3 is 2.28 bits per heavy atom. The quantitative estimate of drug-likeness (QED) is 0.539. The van der Waals surface area contributed by atoms with E-state index in [4.69, 9.17) is 10.1 Å². The summed E-state index contributed by atoms with van der Waals surface area (Å²) in [7, 11) is 0. The van der Waals surface area contributed by atoms with Crippen molar-refractivity contribution in [3.05, 3.63) is 72.2 Å². The van der Waals surface area contributed by atoms with Crippen LogP contribution in [0.2, 0.25) is 0 Å². The maximum Gasteiger partial charge on any atom is 0.165 e. The molecule has 146 valence electrons. The number of benzene rings is 1. The van der Waals surface area contributed by atoms with Gasteiger partial charge in [-0.25, -0.2) is 9.97 Å². The largest absolute Gasteiger partial charge is 0.353 e. The van der Waals surface area contributed by atoms with Crippen molar-refractivity contribution in [3.63, 3.8) is 0 Å². The van der Waals surface area contributed by atoms with E-state index in [1.165, 1.54) is 0 Å². The van der Waals surface area contributed by atoms with Crippen LogP contribution < -0.4 is 9.80 Å². The standard InChI is InChI=1S/C23H24N6/c1-17-16-21(28-14-12-27(13-15-28)20-10-6-7-11-24-20)29-23(25-17)22(18(2)26-29)19-8-4-3-5-9-19/h3-11,16H,12-15H2,1-2H3. The minimum absolute atomic E-state index is 0.925. The lowest BCUT2D eigenvalue weighted by molar-refractivity contribution is 0.633. The molecule has 3 aromatic heterocycles. The van der Waals surface area contributed by atoms with E-state index < -0.39 is 0 Å². The van der Waals surface area contributed by atoms with Gasteiger partial charge in [-0.15, -0.1) is 0 Å². The third kappa shape index (κ3) is 3.20. The second-order valence-electron chi connectivity index (χ2n) is 7.48. The van der Waals surface area contributed by atoms with Crippen molar-refractivity contribution in [2.75, 3.05) is 36.0 Å². The fourth-order valence-electron chi connectivity index (χ4n) is 4.10. The van der Waals surface area contributed by atoms with Crippen LogP contribution in [0.1, 0.15) is 11.4 Å². The monoisotopic (exact) mass is 384 g/mol. The van der Waals surface area contributed by atoms with Crippen LogP contribution in [0, 0.1) is 13.8 Å². The summed E-state index contributed by atoms with van der Waals surface area (Å²) < 4.78 is 2.01. The first kappa shape index (κ1) is 17.7. The van der Waals surface area contributed by atoms with Crippen molar-refractivity contribution in [2.24, 2.45) is 0 Å². The van der Waals surface area contributed by atoms with Gasteiger partial charge in [-0.1, -0.05) is 36.4 Å². The summed E-state index contributed by atoms with van der Waals surface area (Å²) in [6.07, 6.45) is 1.86. The van der Waals surface area contributed by atoms with Gasteiger partial charge in [0, 0.05) is 49.7 Å². The molecule has 0 atom stereocenters. The molecule has 1 fully saturated rings. The van der Waals surface area contributed by atoms with Gasteiger partial charge in [0.15, 0.2) is 5.65 Å². The van der Waals surface area contributed by atoms with Gasteiger partial charge in [0.1, 0.15) is 11.6 Å². The second kappa shape index (κ2) is 7.20. The van der Waals surface area contributed by atoms with Gasteiger partial charge < -0.3 is 9.80 Å². The van der Waals surface area contributed by atoms with E-state index >= 15 is 0 Å². The Hall–Kier alpha value is -3.41. The number of hydrogen-bond acceptors (Lipinski definition) is 5. The fraction of sp³-hybridized carbons (Fsp3) is 0.261. The normalized spacial score (nSPS) is 14.6. The fourth-order valence-corrected chi connectivity index (χ4v) is 4.10. The second-order valence-corrected chi connectivity index (χ2v) is 7.48. The molecule has 4 heterocycles. The zero-order chi connectivity index (χ0) is 19.8. The Kier molecular flexibility index (Phi) is 4.39. The molecular formula is C23H24N6. The van der Waals surface area contributed by atoms with Gasteiger partial charge in [-0.2, -0.15) is 9.61 Å². The summed E-state index contributed by atoms with van der Waals surface area (Å²) in [5.41, 5.74) is 5.21. The summed E-state index contributed by atoms with van der Waals surface area (Å²) in [6, 6.07) is 18.6. The summed E-state index contributed by atoms with van der Waals surface area (Å²) in [5, 5.41) is 4.87. The van der Waals surface area contributed by atoms with Gasteiger partial charge >= 0.3 is 0 Å². The lowest BCUT2D eigenvalue weighted by Crippen LogP contribution is -2.47. The molecule has 0 spiro atoms. The predicted octanol–water partition coefficient (Wildman–Crippen LogP) is 3.73. The van der Waals surface area contributed by atoms with Crippen LogP contribution in [-0.2, 0) is 0 Å². The van der Waals surface area contributed by atoms with Gasteiger partial charge in [-0.05, 0) is 31.5 Å². The van der Waals surface area contributed by atoms with Crippen LogP contribution in [0.3, 0.4) is 0 Å². The first-order chi connectivity index (χ1) is 14.2. The smallest absolute Gasteiger partial charge is 0.165 e. The number of anilines is 2. The molecule has 1 saturated heterocycles. The van der Waals surface area contributed by atoms with Gasteiger partial charge in [0.25, 0.3) is 0 Å². The van der Waals surface area contributed by atoms with Crippen molar-refractivity contribution in [3.8, 4) is 11.1 Å². The molecule has 1 aromatic carbocycles. The average Bonchev–Trinajstić information content (AvgIpc) is 3.10. The molecule has 0 unspecified atom stereocenters. The van der Waals surface area contributed by atoms with E-state index in [0.29, 0.717) is 0 Å². The van der Waals surface area contributed by atoms with Crippen LogP contribution in [0.25, 0.3) is 16.8 Å². The number of piperazine rings is 1. The molecule has 0 radical (unpaired) electrons. The number of nitrogens with zero attached hydrogens (tertiary/aromatic N) is 6. The Balaban J connectivity index is 1.50. The minimum atomic E-state index is 0.925. The number of fused-ring (bicyclic) bond motifs is 1. The molecule has 4 aromatic rings. The molecule has 29 heavy (non-hydrogen) atoms. The zero-order valence-electron chi connectivity index (χ0n) is 16.8. The molecule has 0 amide bonds. The zero-order valence-corrected chi connectivity index (χ0v) is 16.8. The molecule has 6 nitrogen and oxygen atoms in total. The van der Waals surface area contributed by atoms with E-state index in [9.17, 15) is 0 Å². The number of aryl methyl sites for hydroxylation is 2. The van der Waals surface area contributed by atoms with Gasteiger partial charge in [0.2, 0.25) is 0 Å². The van der Waals surface area contributed by atoms with Crippen LogP contribution in [0.4, 0.5) is 11.6 Å². The number of aromatic nitrogens is 4. The van der Waals surface area contributed by atoms with E-state index in [2.05, 4.69) is 65.0 Å². The van der Waals surface area contributed by atoms with Gasteiger partial charge in [-0.3, -0.25) is 0 Å². The topological polar surface area (TPSA) is 49.6 Å². The molecular weight excluding hydrogens is 360 g/mol. The first-order valence-corrected chi connectivity index (χ1v) is 10.0. The number of rotatable bonds is 3. The number of hydrogen-bond donors (Lipinski definition) is 0. The minimum Gasteiger partial charge on any atom is -0.353 e. The maximum absolute atomic E-state index is 4.87. The molecule has 0 bridgehead atoms. The Bertz CT molecular complexity index is 1130. The van der Waals surface area contributed by atoms with E-state index in [1.54, 1.807) is 0 Å². The van der Waals surface area contributed by atoms with Gasteiger partial charge in [0.05, 0.1) is 5.69 Å². The maximum atomic E-state index is 4.87. The molecule has 0 aliphatic carbocycles. The molecule has 6 heteroatoms. The van der Waals surface area contributed by atoms with Crippen molar-refractivity contribution >= 4 is 17.3 Å². The molecule has 5 rings (SSSR count). The Morgan fingerprint density at radius 2 is 1.55 bits per heavy atom. The highest BCUT2D eigenvalue weighted by atomic mass is 15.4. The summed E-state index contributed by atoms with van der Waals surface area (Å²) >= 11 is 0. The van der Waals surface area contributed by atoms with E-state index in [-0.39, 0.29) is 0 Å². The molecule has 1 aliphatic rings. The van der Waals surface area contributed by atoms with Crippen LogP contribution in [0.5, 0.6) is 0 Å². The highest BCUT2D eigenvalue weighted by Gasteiger charge is 2.23. The van der Waals surface area contributed by atoms with Crippen molar-refractivity contribution < 1.29 is 0 Å². The Labute approximate surface area is 170 Å². The average molecular weight is 384 g/mol. The summed E-state index contributed by atoms with van der Waals surface area (Å²) in [6.45, 7) is 7.85. The lowest BCUT2D eigenvalue weighted by atomic mass is 10.1. The molecule has 1 aliphatic heterocycles. The van der Waals surface area contributed by atoms with E-state index in [1.807, 2.05) is 28.9 Å². The highest BCUT2D eigenvalue weighted by molar-refractivity contribution is 5.81. The van der Waals surface area contributed by atoms with Crippen molar-refractivity contribution in [1.29, 1.82) is 0 Å². The van der Waals surface area contributed by atoms with Crippen LogP contribution in [0.15, 0.2) is 60.8 Å². The number of pyridine rings is 1. The summed E-state index contributed by atoms with van der Waals surface area (Å²) in [5.74, 6) is 2.16. The van der Waals surface area contributed by atoms with E-state index in [0.717, 1.165) is 66.0 Å². The predicted molar refractivity (Wildman–Crippen MR) is 117 cm³/mol.